The highest BCUT2D eigenvalue weighted by Gasteiger charge is 2.35. The fourth-order valence-corrected chi connectivity index (χ4v) is 3.82. The number of amides is 1. The second-order valence-electron chi connectivity index (χ2n) is 7.75. The van der Waals surface area contributed by atoms with Crippen LogP contribution in [0, 0.1) is 0 Å². The van der Waals surface area contributed by atoms with Gasteiger partial charge in [0, 0.05) is 16.1 Å². The second-order valence-corrected chi connectivity index (χ2v) is 9.13. The Labute approximate surface area is 187 Å². The number of nitrogens with one attached hydrogen (secondary N) is 1. The molecule has 1 aromatic heterocycles. The summed E-state index contributed by atoms with van der Waals surface area (Å²) in [6.07, 6.45) is -4.59. The number of nitrogens with zero attached hydrogens (tertiary/aromatic N) is 3. The van der Waals surface area contributed by atoms with E-state index in [0.29, 0.717) is 10.6 Å². The molecule has 0 bridgehead atoms. The molecular formula is C21H20ClF3N4OS. The van der Waals surface area contributed by atoms with Crippen molar-refractivity contribution in [1.29, 1.82) is 0 Å². The third-order valence-corrected chi connectivity index (χ3v) is 5.18. The highest BCUT2D eigenvalue weighted by atomic mass is 35.5. The van der Waals surface area contributed by atoms with E-state index in [-0.39, 0.29) is 28.3 Å². The summed E-state index contributed by atoms with van der Waals surface area (Å²) in [5.41, 5.74) is -0.893. The molecule has 164 valence electrons. The van der Waals surface area contributed by atoms with E-state index in [4.69, 9.17) is 11.6 Å². The van der Waals surface area contributed by atoms with Gasteiger partial charge in [-0.15, -0.1) is 10.2 Å². The number of aromatic nitrogens is 3. The summed E-state index contributed by atoms with van der Waals surface area (Å²) in [6.45, 7) is 5.53. The summed E-state index contributed by atoms with van der Waals surface area (Å²) >= 11 is 7.08. The van der Waals surface area contributed by atoms with Crippen molar-refractivity contribution in [3.8, 4) is 17.1 Å². The lowest BCUT2D eigenvalue weighted by molar-refractivity contribution is -0.137. The lowest BCUT2D eigenvalue weighted by atomic mass is 10.1. The largest absolute Gasteiger partial charge is 0.418 e. The van der Waals surface area contributed by atoms with Crippen LogP contribution in [-0.2, 0) is 11.0 Å². The van der Waals surface area contributed by atoms with Gasteiger partial charge in [0.25, 0.3) is 0 Å². The molecule has 3 aromatic rings. The molecule has 0 aliphatic heterocycles. The van der Waals surface area contributed by atoms with Crippen molar-refractivity contribution in [3.05, 3.63) is 59.1 Å². The van der Waals surface area contributed by atoms with Crippen molar-refractivity contribution >= 4 is 29.3 Å². The molecule has 1 N–H and O–H groups in total. The molecule has 0 radical (unpaired) electrons. The Morgan fingerprint density at radius 2 is 1.81 bits per heavy atom. The molecule has 0 atom stereocenters. The Bertz CT molecular complexity index is 1090. The number of benzene rings is 2. The first-order chi connectivity index (χ1) is 14.5. The van der Waals surface area contributed by atoms with E-state index < -0.39 is 17.3 Å². The average Bonchev–Trinajstić information content (AvgIpc) is 3.08. The summed E-state index contributed by atoms with van der Waals surface area (Å²) < 4.78 is 42.5. The van der Waals surface area contributed by atoms with Crippen molar-refractivity contribution in [3.63, 3.8) is 0 Å². The fourth-order valence-electron chi connectivity index (χ4n) is 2.89. The standard InChI is InChI=1S/C21H20ClF3N4OS/c1-20(2,3)26-17(30)12-31-19-28-27-18(13-7-6-8-14(22)11-13)29(19)16-10-5-4-9-15(16)21(23,24)25/h4-11H,12H2,1-3H3,(H,26,30). The molecule has 0 spiro atoms. The Balaban J connectivity index is 2.09. The molecule has 0 unspecified atom stereocenters. The maximum Gasteiger partial charge on any atom is 0.418 e. The SMILES string of the molecule is CC(C)(C)NC(=O)CSc1nnc(-c2cccc(Cl)c2)n1-c1ccccc1C(F)(F)F. The molecule has 0 fully saturated rings. The topological polar surface area (TPSA) is 59.8 Å². The van der Waals surface area contributed by atoms with Crippen molar-refractivity contribution in [2.75, 3.05) is 5.75 Å². The van der Waals surface area contributed by atoms with Crippen LogP contribution in [0.4, 0.5) is 13.2 Å². The summed E-state index contributed by atoms with van der Waals surface area (Å²) in [5, 5.41) is 11.6. The minimum atomic E-state index is -4.59. The lowest BCUT2D eigenvalue weighted by Crippen LogP contribution is -2.41. The Morgan fingerprint density at radius 3 is 2.45 bits per heavy atom. The number of rotatable bonds is 5. The molecule has 1 heterocycles. The van der Waals surface area contributed by atoms with E-state index in [1.807, 2.05) is 20.8 Å². The molecular weight excluding hydrogens is 449 g/mol. The predicted molar refractivity (Wildman–Crippen MR) is 115 cm³/mol. The number of hydrogen-bond acceptors (Lipinski definition) is 4. The van der Waals surface area contributed by atoms with Gasteiger partial charge in [0.2, 0.25) is 5.91 Å². The van der Waals surface area contributed by atoms with Crippen LogP contribution in [0.3, 0.4) is 0 Å². The minimum absolute atomic E-state index is 0.0286. The highest BCUT2D eigenvalue weighted by Crippen LogP contribution is 2.37. The van der Waals surface area contributed by atoms with Crippen molar-refractivity contribution in [1.82, 2.24) is 20.1 Å². The van der Waals surface area contributed by atoms with Gasteiger partial charge >= 0.3 is 6.18 Å². The van der Waals surface area contributed by atoms with Crippen molar-refractivity contribution < 1.29 is 18.0 Å². The Morgan fingerprint density at radius 1 is 1.10 bits per heavy atom. The van der Waals surface area contributed by atoms with Crippen LogP contribution in [0.1, 0.15) is 26.3 Å². The van der Waals surface area contributed by atoms with Gasteiger partial charge < -0.3 is 5.32 Å². The maximum atomic E-state index is 13.7. The van der Waals surface area contributed by atoms with Crippen LogP contribution in [0.5, 0.6) is 0 Å². The van der Waals surface area contributed by atoms with Crippen LogP contribution in [0.2, 0.25) is 5.02 Å². The first-order valence-corrected chi connectivity index (χ1v) is 10.6. The molecule has 0 saturated heterocycles. The van der Waals surface area contributed by atoms with Crippen molar-refractivity contribution in [2.24, 2.45) is 0 Å². The van der Waals surface area contributed by atoms with Gasteiger partial charge in [0.15, 0.2) is 11.0 Å². The van der Waals surface area contributed by atoms with Crippen LogP contribution in [-0.4, -0.2) is 32.0 Å². The maximum absolute atomic E-state index is 13.7. The Kier molecular flexibility index (Phi) is 6.66. The number of para-hydroxylation sites is 1. The Hall–Kier alpha value is -2.52. The van der Waals surface area contributed by atoms with E-state index in [1.165, 1.54) is 22.8 Å². The molecule has 5 nitrogen and oxygen atoms in total. The van der Waals surface area contributed by atoms with E-state index in [2.05, 4.69) is 15.5 Å². The second kappa shape index (κ2) is 8.92. The van der Waals surface area contributed by atoms with Crippen LogP contribution in [0.15, 0.2) is 53.7 Å². The van der Waals surface area contributed by atoms with Gasteiger partial charge in [0.1, 0.15) is 0 Å². The molecule has 10 heteroatoms. The third-order valence-electron chi connectivity index (χ3n) is 4.01. The van der Waals surface area contributed by atoms with Gasteiger partial charge in [-0.25, -0.2) is 0 Å². The quantitative estimate of drug-likeness (QED) is 0.494. The summed E-state index contributed by atoms with van der Waals surface area (Å²) in [6, 6.07) is 11.8. The van der Waals surface area contributed by atoms with Crippen LogP contribution >= 0.6 is 23.4 Å². The molecule has 0 saturated carbocycles. The lowest BCUT2D eigenvalue weighted by Gasteiger charge is -2.20. The molecule has 0 aliphatic carbocycles. The van der Waals surface area contributed by atoms with Gasteiger partial charge in [-0.3, -0.25) is 9.36 Å². The number of thioether (sulfide) groups is 1. The van der Waals surface area contributed by atoms with Gasteiger partial charge in [-0.2, -0.15) is 13.2 Å². The first-order valence-electron chi connectivity index (χ1n) is 9.27. The molecule has 0 aliphatic rings. The number of carbonyl (C=O) groups excluding carboxylic acids is 1. The molecule has 31 heavy (non-hydrogen) atoms. The molecule has 2 aromatic carbocycles. The monoisotopic (exact) mass is 468 g/mol. The molecule has 3 rings (SSSR count). The zero-order chi connectivity index (χ0) is 22.8. The number of carbonyl (C=O) groups is 1. The van der Waals surface area contributed by atoms with E-state index in [9.17, 15) is 18.0 Å². The van der Waals surface area contributed by atoms with E-state index in [1.54, 1.807) is 24.3 Å². The van der Waals surface area contributed by atoms with Crippen LogP contribution in [0.25, 0.3) is 17.1 Å². The minimum Gasteiger partial charge on any atom is -0.351 e. The number of halogens is 4. The number of hydrogen-bond donors (Lipinski definition) is 1. The normalized spacial score (nSPS) is 12.1. The summed E-state index contributed by atoms with van der Waals surface area (Å²) in [7, 11) is 0. The fraction of sp³-hybridized carbons (Fsp3) is 0.286. The molecule has 1 amide bonds. The summed E-state index contributed by atoms with van der Waals surface area (Å²) in [4.78, 5) is 12.2. The summed E-state index contributed by atoms with van der Waals surface area (Å²) in [5.74, 6) is -0.0996. The van der Waals surface area contributed by atoms with Gasteiger partial charge in [-0.05, 0) is 45.0 Å². The van der Waals surface area contributed by atoms with Crippen LogP contribution < -0.4 is 5.32 Å². The number of alkyl halides is 3. The van der Waals surface area contributed by atoms with Crippen molar-refractivity contribution in [2.45, 2.75) is 37.6 Å². The van der Waals surface area contributed by atoms with Gasteiger partial charge in [0.05, 0.1) is 17.0 Å². The third kappa shape index (κ3) is 5.80. The highest BCUT2D eigenvalue weighted by molar-refractivity contribution is 7.99. The predicted octanol–water partition coefficient (Wildman–Crippen LogP) is 5.61. The van der Waals surface area contributed by atoms with E-state index >= 15 is 0 Å². The zero-order valence-electron chi connectivity index (χ0n) is 17.0. The average molecular weight is 469 g/mol. The van der Waals surface area contributed by atoms with Gasteiger partial charge in [-0.1, -0.05) is 47.6 Å². The zero-order valence-corrected chi connectivity index (χ0v) is 18.6. The first kappa shape index (κ1) is 23.1. The van der Waals surface area contributed by atoms with E-state index in [0.717, 1.165) is 17.8 Å². The smallest absolute Gasteiger partial charge is 0.351 e.